The van der Waals surface area contributed by atoms with Crippen LogP contribution in [0.2, 0.25) is 5.15 Å². The maximum atomic E-state index is 5.75. The van der Waals surface area contributed by atoms with E-state index in [1.807, 2.05) is 24.4 Å². The molecule has 5 nitrogen and oxygen atoms in total. The van der Waals surface area contributed by atoms with E-state index in [0.29, 0.717) is 5.69 Å². The first-order valence-corrected chi connectivity index (χ1v) is 6.32. The van der Waals surface area contributed by atoms with E-state index in [4.69, 9.17) is 17.3 Å². The van der Waals surface area contributed by atoms with Crippen LogP contribution in [-0.2, 0) is 0 Å². The lowest BCUT2D eigenvalue weighted by Gasteiger charge is -1.97. The van der Waals surface area contributed by atoms with Crippen molar-refractivity contribution in [1.82, 2.24) is 9.97 Å². The molecule has 0 saturated carbocycles. The average Bonchev–Trinajstić information content (AvgIpc) is 2.89. The van der Waals surface area contributed by atoms with Crippen LogP contribution >= 0.6 is 22.9 Å². The largest absolute Gasteiger partial charge is 0.380 e. The van der Waals surface area contributed by atoms with Crippen molar-refractivity contribution in [2.24, 2.45) is 15.9 Å². The number of amidine groups is 1. The summed E-state index contributed by atoms with van der Waals surface area (Å²) in [6, 6.07) is 3.92. The molecule has 0 fully saturated rings. The third kappa shape index (κ3) is 3.12. The van der Waals surface area contributed by atoms with Gasteiger partial charge in [0, 0.05) is 0 Å². The molecule has 0 spiro atoms. The molecule has 0 unspecified atom stereocenters. The van der Waals surface area contributed by atoms with Crippen LogP contribution in [-0.4, -0.2) is 21.5 Å². The molecule has 0 radical (unpaired) electrons. The minimum atomic E-state index is 0.181. The van der Waals surface area contributed by atoms with Crippen LogP contribution < -0.4 is 5.73 Å². The number of nitrogens with two attached hydrogens (primary N) is 1. The van der Waals surface area contributed by atoms with E-state index in [2.05, 4.69) is 20.2 Å². The maximum absolute atomic E-state index is 5.75. The number of hydrogen-bond acceptors (Lipinski definition) is 5. The lowest BCUT2D eigenvalue weighted by Crippen LogP contribution is -2.15. The molecule has 0 saturated heterocycles. The van der Waals surface area contributed by atoms with Gasteiger partial charge in [0.1, 0.15) is 10.8 Å². The normalized spacial score (nSPS) is 12.8. The van der Waals surface area contributed by atoms with Crippen LogP contribution in [0.5, 0.6) is 0 Å². The molecule has 2 heterocycles. The molecule has 0 atom stereocenters. The number of halogens is 1. The Hall–Kier alpha value is -1.79. The van der Waals surface area contributed by atoms with Gasteiger partial charge in [-0.15, -0.1) is 16.4 Å². The Kier molecular flexibility index (Phi) is 4.01. The summed E-state index contributed by atoms with van der Waals surface area (Å²) in [5.41, 5.74) is 6.95. The SMILES string of the molecule is C/C(=N/N=C(/N)c1cncc(Cl)n1)c1cccs1. The number of aromatic nitrogens is 2. The molecular formula is C11H10ClN5S. The van der Waals surface area contributed by atoms with Crippen molar-refractivity contribution in [3.8, 4) is 0 Å². The summed E-state index contributed by atoms with van der Waals surface area (Å²) in [6.07, 6.45) is 2.92. The van der Waals surface area contributed by atoms with Gasteiger partial charge >= 0.3 is 0 Å². The first kappa shape index (κ1) is 12.7. The predicted octanol–water partition coefficient (Wildman–Crippen LogP) is 2.32. The topological polar surface area (TPSA) is 76.5 Å². The van der Waals surface area contributed by atoms with Gasteiger partial charge in [0.2, 0.25) is 0 Å². The Balaban J connectivity index is 2.21. The standard InChI is InChI=1S/C11H10ClN5S/c1-7(9-3-2-4-18-9)16-17-11(13)8-5-14-6-10(12)15-8/h2-6H,1H3,(H2,13,17)/b16-7-. The smallest absolute Gasteiger partial charge is 0.173 e. The summed E-state index contributed by atoms with van der Waals surface area (Å²) in [7, 11) is 0. The highest BCUT2D eigenvalue weighted by Crippen LogP contribution is 2.10. The fourth-order valence-corrected chi connectivity index (χ4v) is 2.00. The quantitative estimate of drug-likeness (QED) is 0.532. The van der Waals surface area contributed by atoms with Crippen molar-refractivity contribution in [3.63, 3.8) is 0 Å². The zero-order chi connectivity index (χ0) is 13.0. The number of rotatable bonds is 3. The number of thiophene rings is 1. The lowest BCUT2D eigenvalue weighted by atomic mass is 10.3. The second kappa shape index (κ2) is 5.70. The van der Waals surface area contributed by atoms with Crippen LogP contribution in [0.15, 0.2) is 40.1 Å². The van der Waals surface area contributed by atoms with Gasteiger partial charge in [-0.1, -0.05) is 17.7 Å². The first-order chi connectivity index (χ1) is 8.66. The maximum Gasteiger partial charge on any atom is 0.173 e. The minimum absolute atomic E-state index is 0.181. The Morgan fingerprint density at radius 2 is 2.22 bits per heavy atom. The second-order valence-electron chi connectivity index (χ2n) is 3.37. The van der Waals surface area contributed by atoms with E-state index in [1.54, 1.807) is 11.3 Å². The zero-order valence-electron chi connectivity index (χ0n) is 9.54. The molecule has 18 heavy (non-hydrogen) atoms. The van der Waals surface area contributed by atoms with Gasteiger partial charge in [-0.05, 0) is 18.4 Å². The molecule has 0 bridgehead atoms. The first-order valence-electron chi connectivity index (χ1n) is 5.06. The summed E-state index contributed by atoms with van der Waals surface area (Å²) in [6.45, 7) is 1.87. The molecule has 0 aliphatic rings. The highest BCUT2D eigenvalue weighted by molar-refractivity contribution is 7.12. The van der Waals surface area contributed by atoms with Crippen LogP contribution in [0.4, 0.5) is 0 Å². The predicted molar refractivity (Wildman–Crippen MR) is 74.3 cm³/mol. The summed E-state index contributed by atoms with van der Waals surface area (Å²) in [5.74, 6) is 0.181. The molecule has 7 heteroatoms. The third-order valence-electron chi connectivity index (χ3n) is 2.05. The zero-order valence-corrected chi connectivity index (χ0v) is 11.1. The van der Waals surface area contributed by atoms with Crippen molar-refractivity contribution in [2.75, 3.05) is 0 Å². The van der Waals surface area contributed by atoms with Gasteiger partial charge in [-0.2, -0.15) is 5.10 Å². The monoisotopic (exact) mass is 279 g/mol. The Morgan fingerprint density at radius 1 is 1.39 bits per heavy atom. The minimum Gasteiger partial charge on any atom is -0.380 e. The summed E-state index contributed by atoms with van der Waals surface area (Å²) in [5, 5.41) is 10.2. The number of hydrogen-bond donors (Lipinski definition) is 1. The fraction of sp³-hybridized carbons (Fsp3) is 0.0909. The number of nitrogens with zero attached hydrogens (tertiary/aromatic N) is 4. The lowest BCUT2D eigenvalue weighted by molar-refractivity contribution is 1.14. The van der Waals surface area contributed by atoms with Crippen molar-refractivity contribution < 1.29 is 0 Å². The molecule has 2 N–H and O–H groups in total. The second-order valence-corrected chi connectivity index (χ2v) is 4.71. The summed E-state index contributed by atoms with van der Waals surface area (Å²) in [4.78, 5) is 8.92. The van der Waals surface area contributed by atoms with Crippen molar-refractivity contribution in [1.29, 1.82) is 0 Å². The van der Waals surface area contributed by atoms with Gasteiger partial charge in [-0.25, -0.2) is 4.98 Å². The van der Waals surface area contributed by atoms with Crippen molar-refractivity contribution in [2.45, 2.75) is 6.92 Å². The highest BCUT2D eigenvalue weighted by Gasteiger charge is 2.02. The fourth-order valence-electron chi connectivity index (χ4n) is 1.18. The van der Waals surface area contributed by atoms with E-state index in [9.17, 15) is 0 Å². The molecule has 92 valence electrons. The van der Waals surface area contributed by atoms with Crippen molar-refractivity contribution in [3.05, 3.63) is 45.6 Å². The molecule has 0 aromatic carbocycles. The van der Waals surface area contributed by atoms with E-state index >= 15 is 0 Å². The van der Waals surface area contributed by atoms with Gasteiger partial charge in [0.05, 0.1) is 23.0 Å². The summed E-state index contributed by atoms with van der Waals surface area (Å²) >= 11 is 7.31. The van der Waals surface area contributed by atoms with Crippen LogP contribution in [0.1, 0.15) is 17.5 Å². The molecule has 0 aliphatic carbocycles. The molecule has 2 aromatic rings. The van der Waals surface area contributed by atoms with Crippen LogP contribution in [0, 0.1) is 0 Å². The van der Waals surface area contributed by atoms with Crippen LogP contribution in [0.3, 0.4) is 0 Å². The van der Waals surface area contributed by atoms with Gasteiger partial charge in [0.25, 0.3) is 0 Å². The van der Waals surface area contributed by atoms with E-state index < -0.39 is 0 Å². The van der Waals surface area contributed by atoms with Gasteiger partial charge in [0.15, 0.2) is 5.84 Å². The highest BCUT2D eigenvalue weighted by atomic mass is 35.5. The van der Waals surface area contributed by atoms with Gasteiger partial charge in [-0.3, -0.25) is 4.98 Å². The van der Waals surface area contributed by atoms with Gasteiger partial charge < -0.3 is 5.73 Å². The molecule has 2 aromatic heterocycles. The van der Waals surface area contributed by atoms with Crippen LogP contribution in [0.25, 0.3) is 0 Å². The van der Waals surface area contributed by atoms with E-state index in [0.717, 1.165) is 10.6 Å². The van der Waals surface area contributed by atoms with E-state index in [-0.39, 0.29) is 11.0 Å². The van der Waals surface area contributed by atoms with Crippen molar-refractivity contribution >= 4 is 34.5 Å². The average molecular weight is 280 g/mol. The Labute approximate surface area is 113 Å². The Bertz CT molecular complexity index is 591. The molecule has 2 rings (SSSR count). The molecule has 0 amide bonds. The molecule has 0 aliphatic heterocycles. The Morgan fingerprint density at radius 3 is 2.89 bits per heavy atom. The molecular weight excluding hydrogens is 270 g/mol. The van der Waals surface area contributed by atoms with E-state index in [1.165, 1.54) is 12.4 Å². The summed E-state index contributed by atoms with van der Waals surface area (Å²) < 4.78 is 0. The third-order valence-corrected chi connectivity index (χ3v) is 3.21.